The van der Waals surface area contributed by atoms with Crippen molar-refractivity contribution in [1.82, 2.24) is 4.72 Å². The summed E-state index contributed by atoms with van der Waals surface area (Å²) < 4.78 is 42.1. The largest absolute Gasteiger partial charge is 0.492 e. The standard InChI is InChI=1S/C16H27NO3S.C9H12O2/c1-4-5-6-7-8-9-12-20-15-11-10-14(2)13-16(15)21(18,19)17-3;1-10-7-8-11-9-5-3-2-4-6-9/h10-11,13,17H,4-9,12H2,1-3H3;2-6H,7-8H2,1H3. The van der Waals surface area contributed by atoms with Crippen LogP contribution in [0.15, 0.2) is 53.4 Å². The molecule has 6 nitrogen and oxygen atoms in total. The summed E-state index contributed by atoms with van der Waals surface area (Å²) in [6.45, 7) is 5.87. The van der Waals surface area contributed by atoms with Crippen molar-refractivity contribution in [2.75, 3.05) is 34.0 Å². The lowest BCUT2D eigenvalue weighted by Crippen LogP contribution is -2.19. The lowest BCUT2D eigenvalue weighted by atomic mass is 10.1. The molecule has 7 heteroatoms. The maximum absolute atomic E-state index is 12.0. The number of hydrogen-bond acceptors (Lipinski definition) is 5. The number of benzene rings is 2. The lowest BCUT2D eigenvalue weighted by molar-refractivity contribution is 0.146. The topological polar surface area (TPSA) is 73.9 Å². The van der Waals surface area contributed by atoms with E-state index in [1.807, 2.05) is 43.3 Å². The van der Waals surface area contributed by atoms with Crippen molar-refractivity contribution >= 4 is 10.0 Å². The number of para-hydroxylation sites is 1. The number of methoxy groups -OCH3 is 1. The fourth-order valence-corrected chi connectivity index (χ4v) is 3.83. The predicted molar refractivity (Wildman–Crippen MR) is 130 cm³/mol. The molecule has 2 aromatic rings. The van der Waals surface area contributed by atoms with Crippen molar-refractivity contribution in [1.29, 1.82) is 0 Å². The molecule has 0 radical (unpaired) electrons. The van der Waals surface area contributed by atoms with Crippen LogP contribution in [0.2, 0.25) is 0 Å². The molecule has 0 aromatic heterocycles. The zero-order valence-electron chi connectivity index (χ0n) is 19.9. The van der Waals surface area contributed by atoms with E-state index in [4.69, 9.17) is 14.2 Å². The van der Waals surface area contributed by atoms with Gasteiger partial charge in [0.2, 0.25) is 10.0 Å². The summed E-state index contributed by atoms with van der Waals surface area (Å²) in [5, 5.41) is 0. The summed E-state index contributed by atoms with van der Waals surface area (Å²) in [6.07, 6.45) is 7.08. The van der Waals surface area contributed by atoms with Gasteiger partial charge in [-0.15, -0.1) is 0 Å². The molecule has 0 saturated heterocycles. The van der Waals surface area contributed by atoms with Gasteiger partial charge in [-0.25, -0.2) is 13.1 Å². The highest BCUT2D eigenvalue weighted by Gasteiger charge is 2.17. The Kier molecular flexibility index (Phi) is 14.4. The van der Waals surface area contributed by atoms with E-state index < -0.39 is 10.0 Å². The molecule has 0 aliphatic carbocycles. The van der Waals surface area contributed by atoms with E-state index in [1.54, 1.807) is 19.2 Å². The molecule has 0 aliphatic rings. The van der Waals surface area contributed by atoms with Crippen LogP contribution >= 0.6 is 0 Å². The van der Waals surface area contributed by atoms with Gasteiger partial charge in [-0.05, 0) is 50.2 Å². The maximum Gasteiger partial charge on any atom is 0.244 e. The van der Waals surface area contributed by atoms with E-state index in [2.05, 4.69) is 11.6 Å². The second-order valence-corrected chi connectivity index (χ2v) is 9.28. The summed E-state index contributed by atoms with van der Waals surface area (Å²) in [5.74, 6) is 1.33. The minimum Gasteiger partial charge on any atom is -0.492 e. The Morgan fingerprint density at radius 1 is 0.844 bits per heavy atom. The van der Waals surface area contributed by atoms with E-state index in [0.717, 1.165) is 24.2 Å². The van der Waals surface area contributed by atoms with Gasteiger partial charge in [-0.1, -0.05) is 63.3 Å². The van der Waals surface area contributed by atoms with Crippen LogP contribution in [-0.4, -0.2) is 42.4 Å². The van der Waals surface area contributed by atoms with Gasteiger partial charge < -0.3 is 14.2 Å². The molecule has 0 spiro atoms. The van der Waals surface area contributed by atoms with E-state index >= 15 is 0 Å². The molecular formula is C25H39NO5S. The number of hydrogen-bond donors (Lipinski definition) is 1. The Morgan fingerprint density at radius 3 is 2.19 bits per heavy atom. The van der Waals surface area contributed by atoms with Crippen molar-refractivity contribution in [3.05, 3.63) is 54.1 Å². The molecule has 0 amide bonds. The Labute approximate surface area is 194 Å². The van der Waals surface area contributed by atoms with E-state index in [0.29, 0.717) is 25.6 Å². The van der Waals surface area contributed by atoms with Gasteiger partial charge in [-0.3, -0.25) is 0 Å². The molecule has 32 heavy (non-hydrogen) atoms. The van der Waals surface area contributed by atoms with Gasteiger partial charge in [0.1, 0.15) is 23.0 Å². The number of aryl methyl sites for hydroxylation is 1. The van der Waals surface area contributed by atoms with Crippen molar-refractivity contribution < 1.29 is 22.6 Å². The first-order valence-electron chi connectivity index (χ1n) is 11.3. The Balaban J connectivity index is 0.000000389. The summed E-state index contributed by atoms with van der Waals surface area (Å²) in [6, 6.07) is 14.9. The smallest absolute Gasteiger partial charge is 0.244 e. The van der Waals surface area contributed by atoms with Gasteiger partial charge in [0.25, 0.3) is 0 Å². The third-order valence-corrected chi connectivity index (χ3v) is 6.15. The van der Waals surface area contributed by atoms with Gasteiger partial charge in [0.05, 0.1) is 13.2 Å². The molecule has 0 unspecified atom stereocenters. The monoisotopic (exact) mass is 465 g/mol. The summed E-state index contributed by atoms with van der Waals surface area (Å²) in [7, 11) is -0.408. The zero-order valence-corrected chi connectivity index (χ0v) is 20.7. The van der Waals surface area contributed by atoms with Crippen molar-refractivity contribution in [3.8, 4) is 11.5 Å². The molecule has 0 atom stereocenters. The number of sulfonamides is 1. The molecule has 1 N–H and O–H groups in total. The second-order valence-electron chi connectivity index (χ2n) is 7.43. The first-order valence-corrected chi connectivity index (χ1v) is 12.8. The number of unbranched alkanes of at least 4 members (excludes halogenated alkanes) is 5. The summed E-state index contributed by atoms with van der Waals surface area (Å²) in [5.41, 5.74) is 0.899. The van der Waals surface area contributed by atoms with Crippen LogP contribution < -0.4 is 14.2 Å². The number of nitrogens with one attached hydrogen (secondary N) is 1. The molecule has 2 rings (SSSR count). The van der Waals surface area contributed by atoms with Crippen LogP contribution in [0.4, 0.5) is 0 Å². The molecule has 0 bridgehead atoms. The van der Waals surface area contributed by atoms with E-state index in [-0.39, 0.29) is 4.90 Å². The average molecular weight is 466 g/mol. The van der Waals surface area contributed by atoms with Gasteiger partial charge in [0.15, 0.2) is 0 Å². The van der Waals surface area contributed by atoms with Crippen LogP contribution in [0.5, 0.6) is 11.5 Å². The first kappa shape index (κ1) is 27.9. The second kappa shape index (κ2) is 16.5. The minimum atomic E-state index is -3.48. The number of ether oxygens (including phenoxy) is 3. The highest BCUT2D eigenvalue weighted by atomic mass is 32.2. The molecule has 2 aromatic carbocycles. The third-order valence-electron chi connectivity index (χ3n) is 4.71. The van der Waals surface area contributed by atoms with Crippen LogP contribution in [0.25, 0.3) is 0 Å². The summed E-state index contributed by atoms with van der Waals surface area (Å²) >= 11 is 0. The molecule has 0 saturated carbocycles. The van der Waals surface area contributed by atoms with Crippen molar-refractivity contribution in [3.63, 3.8) is 0 Å². The Hall–Kier alpha value is -2.09. The highest BCUT2D eigenvalue weighted by Crippen LogP contribution is 2.25. The van der Waals surface area contributed by atoms with Gasteiger partial charge in [-0.2, -0.15) is 0 Å². The van der Waals surface area contributed by atoms with E-state index in [9.17, 15) is 8.42 Å². The molecule has 0 aliphatic heterocycles. The van der Waals surface area contributed by atoms with Crippen LogP contribution in [0.1, 0.15) is 51.0 Å². The van der Waals surface area contributed by atoms with Crippen LogP contribution in [0.3, 0.4) is 0 Å². The molecule has 180 valence electrons. The van der Waals surface area contributed by atoms with Gasteiger partial charge in [0, 0.05) is 7.11 Å². The van der Waals surface area contributed by atoms with Crippen molar-refractivity contribution in [2.24, 2.45) is 0 Å². The van der Waals surface area contributed by atoms with Crippen LogP contribution in [0, 0.1) is 6.92 Å². The SMILES string of the molecule is CCCCCCCCOc1ccc(C)cc1S(=O)(=O)NC.COCCOc1ccccc1. The van der Waals surface area contributed by atoms with Gasteiger partial charge >= 0.3 is 0 Å². The summed E-state index contributed by atoms with van der Waals surface area (Å²) in [4.78, 5) is 0.219. The quantitative estimate of drug-likeness (QED) is 0.381. The van der Waals surface area contributed by atoms with Crippen molar-refractivity contribution in [2.45, 2.75) is 57.3 Å². The zero-order chi connectivity index (χ0) is 23.7. The normalized spacial score (nSPS) is 10.9. The van der Waals surface area contributed by atoms with E-state index in [1.165, 1.54) is 32.7 Å². The Morgan fingerprint density at radius 2 is 1.53 bits per heavy atom. The molecule has 0 heterocycles. The number of rotatable bonds is 14. The third kappa shape index (κ3) is 11.5. The maximum atomic E-state index is 12.0. The molecule has 0 fully saturated rings. The Bertz CT molecular complexity index is 841. The lowest BCUT2D eigenvalue weighted by Gasteiger charge is -2.12. The average Bonchev–Trinajstić information content (AvgIpc) is 2.80. The highest BCUT2D eigenvalue weighted by molar-refractivity contribution is 7.89. The predicted octanol–water partition coefficient (Wildman–Crippen LogP) is 5.35. The fourth-order valence-electron chi connectivity index (χ4n) is 2.88. The molecular weight excluding hydrogens is 426 g/mol. The first-order chi connectivity index (χ1) is 15.4. The minimum absolute atomic E-state index is 0.219. The van der Waals surface area contributed by atoms with Crippen LogP contribution in [-0.2, 0) is 14.8 Å². The fraction of sp³-hybridized carbons (Fsp3) is 0.520.